The van der Waals surface area contributed by atoms with Crippen LogP contribution in [0.15, 0.2) is 24.4 Å². The van der Waals surface area contributed by atoms with Gasteiger partial charge in [0.1, 0.15) is 11.7 Å². The molecule has 3 heteroatoms. The Labute approximate surface area is 126 Å². The predicted molar refractivity (Wildman–Crippen MR) is 83.6 cm³/mol. The highest BCUT2D eigenvalue weighted by molar-refractivity contribution is 5.51. The standard InChI is InChI=1S/C18H20N2O/c1-11-6-7-17(21-5)14(4)18(11)15(9-19)16-8-12(2)13(3)10-20-16/h6-8,10,15H,1-5H3. The fourth-order valence-electron chi connectivity index (χ4n) is 2.59. The van der Waals surface area contributed by atoms with E-state index in [-0.39, 0.29) is 5.92 Å². The number of aryl methyl sites for hydroxylation is 3. The lowest BCUT2D eigenvalue weighted by molar-refractivity contribution is 0.411. The van der Waals surface area contributed by atoms with Gasteiger partial charge >= 0.3 is 0 Å². The molecule has 0 saturated carbocycles. The van der Waals surface area contributed by atoms with Crippen molar-refractivity contribution in [3.63, 3.8) is 0 Å². The minimum Gasteiger partial charge on any atom is -0.496 e. The maximum absolute atomic E-state index is 9.67. The van der Waals surface area contributed by atoms with E-state index in [9.17, 15) is 5.26 Å². The highest BCUT2D eigenvalue weighted by atomic mass is 16.5. The molecule has 0 saturated heterocycles. The van der Waals surface area contributed by atoms with Crippen molar-refractivity contribution in [2.75, 3.05) is 7.11 Å². The lowest BCUT2D eigenvalue weighted by Gasteiger charge is -2.18. The van der Waals surface area contributed by atoms with Gasteiger partial charge in [0.05, 0.1) is 18.9 Å². The normalized spacial score (nSPS) is 11.8. The number of methoxy groups -OCH3 is 1. The molecule has 3 nitrogen and oxygen atoms in total. The summed E-state index contributed by atoms with van der Waals surface area (Å²) < 4.78 is 5.38. The van der Waals surface area contributed by atoms with Crippen molar-refractivity contribution in [2.24, 2.45) is 0 Å². The van der Waals surface area contributed by atoms with Gasteiger partial charge in [0.2, 0.25) is 0 Å². The van der Waals surface area contributed by atoms with Crippen LogP contribution in [0.3, 0.4) is 0 Å². The number of ether oxygens (including phenoxy) is 1. The molecule has 21 heavy (non-hydrogen) atoms. The molecule has 0 spiro atoms. The molecule has 0 aliphatic carbocycles. The molecule has 2 aromatic rings. The highest BCUT2D eigenvalue weighted by Crippen LogP contribution is 2.33. The molecule has 1 atom stereocenters. The van der Waals surface area contributed by atoms with Gasteiger partial charge in [-0.1, -0.05) is 6.07 Å². The zero-order valence-corrected chi connectivity index (χ0v) is 13.2. The lowest BCUT2D eigenvalue weighted by atomic mass is 9.88. The van der Waals surface area contributed by atoms with E-state index < -0.39 is 0 Å². The minimum absolute atomic E-state index is 0.376. The number of aromatic nitrogens is 1. The second-order valence-electron chi connectivity index (χ2n) is 5.38. The summed E-state index contributed by atoms with van der Waals surface area (Å²) in [5.41, 5.74) is 6.16. The van der Waals surface area contributed by atoms with Crippen LogP contribution in [0, 0.1) is 39.0 Å². The summed E-state index contributed by atoms with van der Waals surface area (Å²) in [7, 11) is 1.65. The summed E-state index contributed by atoms with van der Waals surface area (Å²) in [6, 6.07) is 8.33. The van der Waals surface area contributed by atoms with E-state index in [1.54, 1.807) is 7.11 Å². The maximum atomic E-state index is 9.67. The molecule has 0 N–H and O–H groups in total. The maximum Gasteiger partial charge on any atom is 0.122 e. The Hall–Kier alpha value is -2.34. The molecule has 0 radical (unpaired) electrons. The predicted octanol–water partition coefficient (Wildman–Crippen LogP) is 3.98. The molecule has 1 unspecified atom stereocenters. The Bertz CT molecular complexity index is 714. The topological polar surface area (TPSA) is 45.9 Å². The minimum atomic E-state index is -0.376. The van der Waals surface area contributed by atoms with Crippen LogP contribution in [0.4, 0.5) is 0 Å². The molecular formula is C18H20N2O. The first-order valence-electron chi connectivity index (χ1n) is 6.96. The van der Waals surface area contributed by atoms with E-state index in [2.05, 4.69) is 11.1 Å². The van der Waals surface area contributed by atoms with Crippen molar-refractivity contribution in [1.29, 1.82) is 5.26 Å². The van der Waals surface area contributed by atoms with Crippen LogP contribution >= 0.6 is 0 Å². The van der Waals surface area contributed by atoms with Crippen molar-refractivity contribution in [3.05, 3.63) is 57.9 Å². The Balaban J connectivity index is 2.62. The van der Waals surface area contributed by atoms with Gasteiger partial charge < -0.3 is 4.74 Å². The highest BCUT2D eigenvalue weighted by Gasteiger charge is 2.21. The molecule has 0 fully saturated rings. The quantitative estimate of drug-likeness (QED) is 0.854. The van der Waals surface area contributed by atoms with Gasteiger partial charge in [-0.3, -0.25) is 4.98 Å². The SMILES string of the molecule is COc1ccc(C)c(C(C#N)c2cc(C)c(C)cn2)c1C. The molecular weight excluding hydrogens is 260 g/mol. The molecule has 1 heterocycles. The van der Waals surface area contributed by atoms with Crippen molar-refractivity contribution in [2.45, 2.75) is 33.6 Å². The van der Waals surface area contributed by atoms with Gasteiger partial charge in [-0.2, -0.15) is 5.26 Å². The average Bonchev–Trinajstić information content (AvgIpc) is 2.47. The first-order chi connectivity index (χ1) is 9.99. The van der Waals surface area contributed by atoms with Crippen LogP contribution in [0.25, 0.3) is 0 Å². The molecule has 2 rings (SSSR count). The molecule has 108 valence electrons. The van der Waals surface area contributed by atoms with Gasteiger partial charge in [0.15, 0.2) is 0 Å². The van der Waals surface area contributed by atoms with Crippen molar-refractivity contribution >= 4 is 0 Å². The van der Waals surface area contributed by atoms with Crippen LogP contribution in [-0.4, -0.2) is 12.1 Å². The molecule has 0 aliphatic heterocycles. The third-order valence-corrected chi connectivity index (χ3v) is 4.01. The number of nitriles is 1. The van der Waals surface area contributed by atoms with Crippen LogP contribution in [0.2, 0.25) is 0 Å². The first-order valence-corrected chi connectivity index (χ1v) is 6.96. The van der Waals surface area contributed by atoms with Crippen LogP contribution < -0.4 is 4.74 Å². The Morgan fingerprint density at radius 1 is 1.10 bits per heavy atom. The zero-order valence-electron chi connectivity index (χ0n) is 13.2. The van der Waals surface area contributed by atoms with Gasteiger partial charge in [-0.25, -0.2) is 0 Å². The van der Waals surface area contributed by atoms with Gasteiger partial charge in [-0.05, 0) is 67.6 Å². The Kier molecular flexibility index (Phi) is 4.28. The lowest BCUT2D eigenvalue weighted by Crippen LogP contribution is -2.07. The Morgan fingerprint density at radius 3 is 2.38 bits per heavy atom. The van der Waals surface area contributed by atoms with Gasteiger partial charge in [0.25, 0.3) is 0 Å². The van der Waals surface area contributed by atoms with E-state index in [0.717, 1.165) is 39.3 Å². The Morgan fingerprint density at radius 2 is 1.81 bits per heavy atom. The summed E-state index contributed by atoms with van der Waals surface area (Å²) in [5, 5.41) is 9.67. The number of benzene rings is 1. The summed E-state index contributed by atoms with van der Waals surface area (Å²) in [6.45, 7) is 8.08. The summed E-state index contributed by atoms with van der Waals surface area (Å²) >= 11 is 0. The monoisotopic (exact) mass is 280 g/mol. The average molecular weight is 280 g/mol. The summed E-state index contributed by atoms with van der Waals surface area (Å²) in [5.74, 6) is 0.430. The number of hydrogen-bond acceptors (Lipinski definition) is 3. The molecule has 0 bridgehead atoms. The fraction of sp³-hybridized carbons (Fsp3) is 0.333. The third-order valence-electron chi connectivity index (χ3n) is 4.01. The largest absolute Gasteiger partial charge is 0.496 e. The molecule has 0 aliphatic rings. The summed E-state index contributed by atoms with van der Waals surface area (Å²) in [4.78, 5) is 4.46. The second kappa shape index (κ2) is 5.97. The van der Waals surface area contributed by atoms with E-state index in [4.69, 9.17) is 4.74 Å². The van der Waals surface area contributed by atoms with E-state index in [1.165, 1.54) is 0 Å². The number of rotatable bonds is 3. The van der Waals surface area contributed by atoms with Gasteiger partial charge in [-0.15, -0.1) is 0 Å². The van der Waals surface area contributed by atoms with Crippen molar-refractivity contribution < 1.29 is 4.74 Å². The number of hydrogen-bond donors (Lipinski definition) is 0. The number of nitrogens with zero attached hydrogens (tertiary/aromatic N) is 2. The van der Waals surface area contributed by atoms with Crippen LogP contribution in [-0.2, 0) is 0 Å². The molecule has 1 aromatic heterocycles. The zero-order chi connectivity index (χ0) is 15.6. The van der Waals surface area contributed by atoms with Crippen LogP contribution in [0.1, 0.15) is 39.4 Å². The molecule has 1 aromatic carbocycles. The summed E-state index contributed by atoms with van der Waals surface area (Å²) in [6.07, 6.45) is 1.83. The number of pyridine rings is 1. The van der Waals surface area contributed by atoms with Gasteiger partial charge in [0, 0.05) is 6.20 Å². The fourth-order valence-corrected chi connectivity index (χ4v) is 2.59. The van der Waals surface area contributed by atoms with E-state index in [0.29, 0.717) is 0 Å². The smallest absolute Gasteiger partial charge is 0.122 e. The van der Waals surface area contributed by atoms with Crippen LogP contribution in [0.5, 0.6) is 5.75 Å². The third kappa shape index (κ3) is 2.75. The van der Waals surface area contributed by atoms with E-state index in [1.807, 2.05) is 52.1 Å². The second-order valence-corrected chi connectivity index (χ2v) is 5.38. The van der Waals surface area contributed by atoms with Crippen molar-refractivity contribution in [3.8, 4) is 11.8 Å². The van der Waals surface area contributed by atoms with Crippen molar-refractivity contribution in [1.82, 2.24) is 4.98 Å². The van der Waals surface area contributed by atoms with E-state index >= 15 is 0 Å². The molecule has 0 amide bonds. The first kappa shape index (κ1) is 15.1.